The lowest BCUT2D eigenvalue weighted by molar-refractivity contribution is -0.177. The predicted octanol–water partition coefficient (Wildman–Crippen LogP) is 9.35. The van der Waals surface area contributed by atoms with Gasteiger partial charge in [-0.1, -0.05) is 140 Å². The highest BCUT2D eigenvalue weighted by molar-refractivity contribution is 7.92. The van der Waals surface area contributed by atoms with Gasteiger partial charge in [0, 0.05) is 13.8 Å². The van der Waals surface area contributed by atoms with Crippen LogP contribution in [0, 0.1) is 0 Å². The van der Waals surface area contributed by atoms with Crippen LogP contribution in [0.15, 0.2) is 60.7 Å². The molecule has 11 nitrogen and oxygen atoms in total. The smallest absolute Gasteiger partial charge is 0.274 e. The molecule has 0 fully saturated rings. The van der Waals surface area contributed by atoms with E-state index in [0.717, 1.165) is 51.4 Å². The third kappa shape index (κ3) is 14.9. The largest absolute Gasteiger partial charge is 0.338 e. The summed E-state index contributed by atoms with van der Waals surface area (Å²) in [5.41, 5.74) is -2.32. The minimum atomic E-state index is -4.32. The third-order valence-electron chi connectivity index (χ3n) is 8.79. The fraction of sp³-hybridized carbons (Fsp3) is 0.700. The second kappa shape index (κ2) is 25.3. The van der Waals surface area contributed by atoms with Crippen LogP contribution in [-0.4, -0.2) is 67.1 Å². The standard InChI is InChI=1S/C40H66O11S2/c1-7-11-21-29-48-39(5,49-30-22-12-8-2)52(41,42)37(35-25-17-15-18-26-35)46-33-45-34-47-38(36-27-19-16-20-28-36)53(43,44)40(6,50-31-23-13-9-3)51-32-24-14-10-4/h15-20,25-28,37-38H,7-14,21-24,29-34H2,1-6H3. The van der Waals surface area contributed by atoms with E-state index in [0.29, 0.717) is 36.8 Å². The van der Waals surface area contributed by atoms with E-state index in [-0.39, 0.29) is 26.4 Å². The Morgan fingerprint density at radius 1 is 0.472 bits per heavy atom. The minimum absolute atomic E-state index is 0.197. The molecule has 0 aromatic heterocycles. The van der Waals surface area contributed by atoms with Crippen LogP contribution in [0.1, 0.15) is 141 Å². The number of sulfone groups is 2. The third-order valence-corrected chi connectivity index (χ3v) is 13.3. The van der Waals surface area contributed by atoms with E-state index in [1.54, 1.807) is 60.7 Å². The molecule has 2 atom stereocenters. The Balaban J connectivity index is 2.31. The molecule has 2 aromatic carbocycles. The van der Waals surface area contributed by atoms with Crippen molar-refractivity contribution in [3.05, 3.63) is 71.8 Å². The molecule has 0 saturated carbocycles. The molecule has 53 heavy (non-hydrogen) atoms. The zero-order chi connectivity index (χ0) is 39.1. The summed E-state index contributed by atoms with van der Waals surface area (Å²) in [6.45, 7) is 10.8. The van der Waals surface area contributed by atoms with Gasteiger partial charge in [0.05, 0.1) is 26.4 Å². The lowest BCUT2D eigenvalue weighted by Crippen LogP contribution is -2.45. The zero-order valence-corrected chi connectivity index (χ0v) is 34.6. The maximum Gasteiger partial charge on any atom is 0.274 e. The van der Waals surface area contributed by atoms with Gasteiger partial charge in [0.1, 0.15) is 0 Å². The molecule has 0 spiro atoms. The van der Waals surface area contributed by atoms with Gasteiger partial charge >= 0.3 is 0 Å². The van der Waals surface area contributed by atoms with Crippen LogP contribution in [0.25, 0.3) is 0 Å². The first kappa shape index (κ1) is 47.2. The summed E-state index contributed by atoms with van der Waals surface area (Å²) in [5.74, 6) is 0. The molecular formula is C40H66O11S2. The van der Waals surface area contributed by atoms with Crippen LogP contribution in [-0.2, 0) is 52.8 Å². The molecule has 0 heterocycles. The molecule has 0 bridgehead atoms. The Bertz CT molecular complexity index is 1300. The van der Waals surface area contributed by atoms with Crippen LogP contribution in [0.5, 0.6) is 0 Å². The highest BCUT2D eigenvalue weighted by Gasteiger charge is 2.49. The van der Waals surface area contributed by atoms with Gasteiger partial charge in [0.2, 0.25) is 19.7 Å². The highest BCUT2D eigenvalue weighted by Crippen LogP contribution is 2.37. The van der Waals surface area contributed by atoms with Crippen LogP contribution < -0.4 is 0 Å². The van der Waals surface area contributed by atoms with Crippen LogP contribution in [0.2, 0.25) is 0 Å². The van der Waals surface area contributed by atoms with E-state index in [9.17, 15) is 16.8 Å². The summed E-state index contributed by atoms with van der Waals surface area (Å²) in [4.78, 5) is 0. The van der Waals surface area contributed by atoms with Crippen LogP contribution >= 0.6 is 0 Å². The molecule has 2 aromatic rings. The van der Waals surface area contributed by atoms with Crippen molar-refractivity contribution < 1.29 is 50.0 Å². The van der Waals surface area contributed by atoms with Crippen molar-refractivity contribution in [1.29, 1.82) is 0 Å². The van der Waals surface area contributed by atoms with Crippen LogP contribution in [0.4, 0.5) is 0 Å². The molecule has 0 aliphatic carbocycles. The normalized spacial score (nSPS) is 14.0. The van der Waals surface area contributed by atoms with Crippen molar-refractivity contribution in [3.8, 4) is 0 Å². The van der Waals surface area contributed by atoms with Crippen molar-refractivity contribution in [3.63, 3.8) is 0 Å². The second-order valence-corrected chi connectivity index (χ2v) is 17.8. The molecular weight excluding hydrogens is 721 g/mol. The fourth-order valence-electron chi connectivity index (χ4n) is 5.44. The average molecular weight is 787 g/mol. The lowest BCUT2D eigenvalue weighted by atomic mass is 10.2. The van der Waals surface area contributed by atoms with E-state index in [4.69, 9.17) is 33.2 Å². The summed E-state index contributed by atoms with van der Waals surface area (Å²) >= 11 is 0. The molecule has 13 heteroatoms. The maximum atomic E-state index is 14.4. The second-order valence-electron chi connectivity index (χ2n) is 13.3. The van der Waals surface area contributed by atoms with Gasteiger partial charge in [-0.25, -0.2) is 16.8 Å². The topological polar surface area (TPSA) is 133 Å². The first-order valence-electron chi connectivity index (χ1n) is 19.4. The van der Waals surface area contributed by atoms with Gasteiger partial charge in [-0.15, -0.1) is 0 Å². The number of unbranched alkanes of at least 4 members (excludes halogenated alkanes) is 8. The first-order chi connectivity index (χ1) is 25.4. The molecule has 0 aliphatic rings. The van der Waals surface area contributed by atoms with Crippen molar-refractivity contribution >= 4 is 19.7 Å². The van der Waals surface area contributed by atoms with Gasteiger partial charge in [0.15, 0.2) is 24.5 Å². The van der Waals surface area contributed by atoms with Gasteiger partial charge in [-0.05, 0) is 36.8 Å². The van der Waals surface area contributed by atoms with E-state index < -0.39 is 54.4 Å². The lowest BCUT2D eigenvalue weighted by Gasteiger charge is -2.34. The zero-order valence-electron chi connectivity index (χ0n) is 33.0. The monoisotopic (exact) mass is 786 g/mol. The quantitative estimate of drug-likeness (QED) is 0.0519. The minimum Gasteiger partial charge on any atom is -0.338 e. The number of hydrogen-bond donors (Lipinski definition) is 0. The summed E-state index contributed by atoms with van der Waals surface area (Å²) in [6, 6.07) is 17.0. The van der Waals surface area contributed by atoms with Gasteiger partial charge < -0.3 is 33.2 Å². The molecule has 2 rings (SSSR count). The summed E-state index contributed by atoms with van der Waals surface area (Å²) in [7, 11) is -8.64. The predicted molar refractivity (Wildman–Crippen MR) is 208 cm³/mol. The fourth-order valence-corrected chi connectivity index (χ4v) is 8.71. The first-order valence-corrected chi connectivity index (χ1v) is 22.5. The van der Waals surface area contributed by atoms with Gasteiger partial charge in [0.25, 0.3) is 10.2 Å². The Hall–Kier alpha value is -1.94. The Labute approximate surface area is 320 Å². The molecule has 2 unspecified atom stereocenters. The SMILES string of the molecule is CCCCCOC(C)(OCCCCC)S(=O)(=O)C(OCOCOC(c1ccccc1)S(=O)(=O)C(C)(OCCCCC)OCCCCC)c1ccccc1. The van der Waals surface area contributed by atoms with Crippen LogP contribution in [0.3, 0.4) is 0 Å². The maximum absolute atomic E-state index is 14.4. The van der Waals surface area contributed by atoms with E-state index in [1.807, 2.05) is 0 Å². The summed E-state index contributed by atoms with van der Waals surface area (Å²) in [5, 5.41) is -3.98. The van der Waals surface area contributed by atoms with Crippen molar-refractivity contribution in [2.45, 2.75) is 140 Å². The van der Waals surface area contributed by atoms with Gasteiger partial charge in [-0.2, -0.15) is 0 Å². The van der Waals surface area contributed by atoms with Crippen molar-refractivity contribution in [2.24, 2.45) is 0 Å². The molecule has 304 valence electrons. The Morgan fingerprint density at radius 3 is 1.02 bits per heavy atom. The molecule has 0 saturated heterocycles. The summed E-state index contributed by atoms with van der Waals surface area (Å²) < 4.78 is 99.0. The van der Waals surface area contributed by atoms with E-state index >= 15 is 0 Å². The molecule has 0 radical (unpaired) electrons. The summed E-state index contributed by atoms with van der Waals surface area (Å²) in [6.07, 6.45) is 10.0. The molecule has 0 N–H and O–H groups in total. The van der Waals surface area contributed by atoms with Gasteiger partial charge in [-0.3, -0.25) is 0 Å². The molecule has 0 amide bonds. The van der Waals surface area contributed by atoms with E-state index in [2.05, 4.69) is 27.7 Å². The van der Waals surface area contributed by atoms with Crippen molar-refractivity contribution in [1.82, 2.24) is 0 Å². The number of benzene rings is 2. The van der Waals surface area contributed by atoms with E-state index in [1.165, 1.54) is 13.8 Å². The highest BCUT2D eigenvalue weighted by atomic mass is 32.2. The number of rotatable bonds is 32. The molecule has 0 aliphatic heterocycles. The Morgan fingerprint density at radius 2 is 0.755 bits per heavy atom. The van der Waals surface area contributed by atoms with Crippen molar-refractivity contribution in [2.75, 3.05) is 40.0 Å². The number of ether oxygens (including phenoxy) is 7. The number of hydrogen-bond acceptors (Lipinski definition) is 11. The Kier molecular flexibility index (Phi) is 22.5. The average Bonchev–Trinajstić information content (AvgIpc) is 3.15.